The number of nitrogens with zero attached hydrogens (tertiary/aromatic N) is 1. The van der Waals surface area contributed by atoms with E-state index in [9.17, 15) is 4.79 Å². The Bertz CT molecular complexity index is 882. The van der Waals surface area contributed by atoms with Crippen LogP contribution in [0.4, 0.5) is 16.2 Å². The van der Waals surface area contributed by atoms with Crippen LogP contribution in [0.2, 0.25) is 0 Å². The predicted molar refractivity (Wildman–Crippen MR) is 98.8 cm³/mol. The molecule has 1 amide bonds. The summed E-state index contributed by atoms with van der Waals surface area (Å²) in [6.45, 7) is 5.43. The van der Waals surface area contributed by atoms with Gasteiger partial charge in [0.2, 0.25) is 0 Å². The number of hydrogen-bond donors (Lipinski definition) is 2. The number of carbonyl (C=O) groups is 1. The Balaban J connectivity index is 1.78. The van der Waals surface area contributed by atoms with Crippen LogP contribution >= 0.6 is 11.8 Å². The molecule has 25 heavy (non-hydrogen) atoms. The molecule has 0 aliphatic heterocycles. The van der Waals surface area contributed by atoms with Crippen molar-refractivity contribution in [2.75, 3.05) is 11.1 Å². The first-order valence-corrected chi connectivity index (χ1v) is 8.55. The highest BCUT2D eigenvalue weighted by Gasteiger charge is 2.17. The molecular weight excluding hydrogens is 338 g/mol. The number of nitrogens with two attached hydrogens (primary N) is 1. The summed E-state index contributed by atoms with van der Waals surface area (Å²) in [6, 6.07) is 12.7. The average molecular weight is 357 g/mol. The molecule has 3 rings (SSSR count). The van der Waals surface area contributed by atoms with Gasteiger partial charge in [-0.15, -0.1) is 0 Å². The highest BCUT2D eigenvalue weighted by molar-refractivity contribution is 7.99. The number of anilines is 2. The lowest BCUT2D eigenvalue weighted by Crippen LogP contribution is -2.27. The molecule has 0 aliphatic carbocycles. The SMILES string of the molecule is CC(C)(C)OC(=O)Nc1ccc(N)c(Sc2nc3ccccc3o2)c1. The maximum absolute atomic E-state index is 11.9. The number of hydrogen-bond acceptors (Lipinski definition) is 6. The molecule has 0 radical (unpaired) electrons. The van der Waals surface area contributed by atoms with Crippen LogP contribution in [-0.2, 0) is 4.74 Å². The first-order valence-electron chi connectivity index (χ1n) is 7.73. The fourth-order valence-electron chi connectivity index (χ4n) is 2.11. The molecular formula is C18H19N3O3S. The van der Waals surface area contributed by atoms with Crippen molar-refractivity contribution >= 4 is 40.3 Å². The fourth-order valence-corrected chi connectivity index (χ4v) is 2.95. The van der Waals surface area contributed by atoms with E-state index in [1.807, 2.05) is 45.0 Å². The van der Waals surface area contributed by atoms with Crippen molar-refractivity contribution in [2.24, 2.45) is 0 Å². The topological polar surface area (TPSA) is 90.4 Å². The van der Waals surface area contributed by atoms with Gasteiger partial charge in [-0.05, 0) is 62.9 Å². The van der Waals surface area contributed by atoms with Crippen LogP contribution in [0.15, 0.2) is 57.0 Å². The molecule has 2 aromatic carbocycles. The molecule has 6 nitrogen and oxygen atoms in total. The summed E-state index contributed by atoms with van der Waals surface area (Å²) in [5.74, 6) is 0. The zero-order chi connectivity index (χ0) is 18.0. The normalized spacial score (nSPS) is 11.5. The van der Waals surface area contributed by atoms with E-state index in [0.717, 1.165) is 10.4 Å². The predicted octanol–water partition coefficient (Wildman–Crippen LogP) is 4.91. The van der Waals surface area contributed by atoms with Crippen molar-refractivity contribution in [2.45, 2.75) is 36.5 Å². The van der Waals surface area contributed by atoms with E-state index in [4.69, 9.17) is 14.9 Å². The third kappa shape index (κ3) is 4.45. The first kappa shape index (κ1) is 17.2. The lowest BCUT2D eigenvalue weighted by Gasteiger charge is -2.19. The molecule has 0 saturated carbocycles. The number of oxazole rings is 1. The Morgan fingerprint density at radius 2 is 2.00 bits per heavy atom. The minimum absolute atomic E-state index is 0.488. The number of fused-ring (bicyclic) bond motifs is 1. The standard InChI is InChI=1S/C18H19N3O3S/c1-18(2,3)24-16(22)20-11-8-9-12(19)15(10-11)25-17-21-13-6-4-5-7-14(13)23-17/h4-10H,19H2,1-3H3,(H,20,22). The lowest BCUT2D eigenvalue weighted by molar-refractivity contribution is 0.0636. The van der Waals surface area contributed by atoms with Gasteiger partial charge in [0.15, 0.2) is 5.58 Å². The van der Waals surface area contributed by atoms with Crippen molar-refractivity contribution in [1.82, 2.24) is 4.98 Å². The van der Waals surface area contributed by atoms with Crippen LogP contribution < -0.4 is 11.1 Å². The molecule has 1 heterocycles. The minimum atomic E-state index is -0.562. The van der Waals surface area contributed by atoms with Crippen molar-refractivity contribution < 1.29 is 13.9 Å². The maximum atomic E-state index is 11.9. The highest BCUT2D eigenvalue weighted by atomic mass is 32.2. The van der Waals surface area contributed by atoms with E-state index in [0.29, 0.717) is 22.2 Å². The van der Waals surface area contributed by atoms with Gasteiger partial charge in [-0.1, -0.05) is 12.1 Å². The summed E-state index contributed by atoms with van der Waals surface area (Å²) in [6.07, 6.45) is -0.518. The Morgan fingerprint density at radius 3 is 2.72 bits per heavy atom. The number of rotatable bonds is 3. The number of benzene rings is 2. The van der Waals surface area contributed by atoms with E-state index >= 15 is 0 Å². The molecule has 0 spiro atoms. The summed E-state index contributed by atoms with van der Waals surface area (Å²) in [5, 5.41) is 3.19. The van der Waals surface area contributed by atoms with Gasteiger partial charge < -0.3 is 14.9 Å². The number of nitrogen functional groups attached to an aromatic ring is 1. The number of nitrogens with one attached hydrogen (secondary N) is 1. The van der Waals surface area contributed by atoms with Gasteiger partial charge in [-0.3, -0.25) is 5.32 Å². The lowest BCUT2D eigenvalue weighted by atomic mass is 10.2. The number of ether oxygens (including phenoxy) is 1. The molecule has 0 bridgehead atoms. The second kappa shape index (κ2) is 6.68. The summed E-state index contributed by atoms with van der Waals surface area (Å²) in [5.41, 5.74) is 8.12. The number of para-hydroxylation sites is 2. The molecule has 0 aliphatic rings. The molecule has 0 saturated heterocycles. The van der Waals surface area contributed by atoms with Crippen molar-refractivity contribution in [3.8, 4) is 0 Å². The second-order valence-electron chi connectivity index (χ2n) is 6.43. The van der Waals surface area contributed by atoms with Crippen LogP contribution in [0, 0.1) is 0 Å². The van der Waals surface area contributed by atoms with Gasteiger partial charge in [-0.2, -0.15) is 0 Å². The van der Waals surface area contributed by atoms with Crippen molar-refractivity contribution in [3.05, 3.63) is 42.5 Å². The highest BCUT2D eigenvalue weighted by Crippen LogP contribution is 2.35. The maximum Gasteiger partial charge on any atom is 0.412 e. The van der Waals surface area contributed by atoms with Gasteiger partial charge in [0.05, 0.1) is 0 Å². The van der Waals surface area contributed by atoms with E-state index < -0.39 is 11.7 Å². The average Bonchev–Trinajstić information content (AvgIpc) is 2.91. The Labute approximate surface area is 149 Å². The van der Waals surface area contributed by atoms with Crippen molar-refractivity contribution in [3.63, 3.8) is 0 Å². The summed E-state index contributed by atoms with van der Waals surface area (Å²) in [7, 11) is 0. The molecule has 0 unspecified atom stereocenters. The van der Waals surface area contributed by atoms with Crippen LogP contribution in [-0.4, -0.2) is 16.7 Å². The van der Waals surface area contributed by atoms with Crippen LogP contribution in [0.5, 0.6) is 0 Å². The van der Waals surface area contributed by atoms with Gasteiger partial charge >= 0.3 is 6.09 Å². The van der Waals surface area contributed by atoms with Crippen LogP contribution in [0.3, 0.4) is 0 Å². The second-order valence-corrected chi connectivity index (χ2v) is 7.42. The van der Waals surface area contributed by atoms with Crippen LogP contribution in [0.25, 0.3) is 11.1 Å². The van der Waals surface area contributed by atoms with E-state index in [2.05, 4.69) is 10.3 Å². The summed E-state index contributed by atoms with van der Waals surface area (Å²) < 4.78 is 10.9. The Morgan fingerprint density at radius 1 is 1.24 bits per heavy atom. The smallest absolute Gasteiger partial charge is 0.412 e. The molecule has 1 aromatic heterocycles. The van der Waals surface area contributed by atoms with E-state index in [1.165, 1.54) is 11.8 Å². The third-order valence-corrected chi connectivity index (χ3v) is 4.05. The monoisotopic (exact) mass is 357 g/mol. The molecule has 3 aromatic rings. The minimum Gasteiger partial charge on any atom is -0.444 e. The first-order chi connectivity index (χ1) is 11.8. The van der Waals surface area contributed by atoms with E-state index in [-0.39, 0.29) is 0 Å². The Kier molecular flexibility index (Phi) is 4.59. The Hall–Kier alpha value is -2.67. The number of aromatic nitrogens is 1. The number of carbonyl (C=O) groups excluding carboxylic acids is 1. The summed E-state index contributed by atoms with van der Waals surface area (Å²) >= 11 is 1.30. The summed E-state index contributed by atoms with van der Waals surface area (Å²) in [4.78, 5) is 17.1. The molecule has 130 valence electrons. The quantitative estimate of drug-likeness (QED) is 0.647. The van der Waals surface area contributed by atoms with Crippen LogP contribution in [0.1, 0.15) is 20.8 Å². The van der Waals surface area contributed by atoms with Gasteiger partial charge in [-0.25, -0.2) is 9.78 Å². The van der Waals surface area contributed by atoms with Gasteiger partial charge in [0.25, 0.3) is 5.22 Å². The molecule has 7 heteroatoms. The van der Waals surface area contributed by atoms with Gasteiger partial charge in [0, 0.05) is 16.3 Å². The molecule has 0 atom stereocenters. The van der Waals surface area contributed by atoms with Crippen molar-refractivity contribution in [1.29, 1.82) is 0 Å². The molecule has 3 N–H and O–H groups in total. The van der Waals surface area contributed by atoms with Gasteiger partial charge in [0.1, 0.15) is 11.1 Å². The zero-order valence-electron chi connectivity index (χ0n) is 14.2. The number of amides is 1. The fraction of sp³-hybridized carbons (Fsp3) is 0.222. The van der Waals surface area contributed by atoms with E-state index in [1.54, 1.807) is 18.2 Å². The zero-order valence-corrected chi connectivity index (χ0v) is 15.0. The third-order valence-electron chi connectivity index (χ3n) is 3.13. The molecule has 0 fully saturated rings. The largest absolute Gasteiger partial charge is 0.444 e.